The summed E-state index contributed by atoms with van der Waals surface area (Å²) in [7, 11) is 0. The number of carbonyl (C=O) groups is 1. The molecule has 2 aromatic rings. The van der Waals surface area contributed by atoms with Crippen LogP contribution in [0.15, 0.2) is 60.7 Å². The summed E-state index contributed by atoms with van der Waals surface area (Å²) in [5, 5.41) is 0. The molecule has 2 heteroatoms. The number of nitrogens with zero attached hydrogens (tertiary/aromatic N) is 1. The van der Waals surface area contributed by atoms with Gasteiger partial charge >= 0.3 is 0 Å². The lowest BCUT2D eigenvalue weighted by Crippen LogP contribution is -2.19. The highest BCUT2D eigenvalue weighted by Gasteiger charge is 2.20. The van der Waals surface area contributed by atoms with E-state index in [1.165, 1.54) is 59.8 Å². The number of hydrogen-bond acceptors (Lipinski definition) is 2. The van der Waals surface area contributed by atoms with Crippen molar-refractivity contribution in [3.05, 3.63) is 77.4 Å². The lowest BCUT2D eigenvalue weighted by atomic mass is 10.0. The number of hydrogen-bond donors (Lipinski definition) is 0. The van der Waals surface area contributed by atoms with Crippen molar-refractivity contribution < 1.29 is 4.79 Å². The maximum Gasteiger partial charge on any atom is 0.142 e. The minimum atomic E-state index is 0.801. The van der Waals surface area contributed by atoms with Gasteiger partial charge in [0.15, 0.2) is 0 Å². The van der Waals surface area contributed by atoms with Gasteiger partial charge in [-0.1, -0.05) is 68.7 Å². The topological polar surface area (TPSA) is 20.3 Å². The Kier molecular flexibility index (Phi) is 7.04. The maximum atomic E-state index is 10.4. The van der Waals surface area contributed by atoms with Gasteiger partial charge in [-0.15, -0.1) is 0 Å². The first-order valence-corrected chi connectivity index (χ1v) is 10.1. The summed E-state index contributed by atoms with van der Waals surface area (Å²) in [6, 6.07) is 15.6. The van der Waals surface area contributed by atoms with Crippen LogP contribution < -0.4 is 4.90 Å². The SMILES string of the molecule is CCCCCCN1c2ccccc2CCc2cc(/C=C/C=C/C=O)ccc21. The average molecular weight is 360 g/mol. The summed E-state index contributed by atoms with van der Waals surface area (Å²) in [5.41, 5.74) is 6.74. The number of aryl methyl sites for hydroxylation is 2. The van der Waals surface area contributed by atoms with Crippen LogP contribution in [0.25, 0.3) is 6.08 Å². The highest BCUT2D eigenvalue weighted by atomic mass is 16.1. The molecule has 0 N–H and O–H groups in total. The van der Waals surface area contributed by atoms with Crippen molar-refractivity contribution in [1.29, 1.82) is 0 Å². The first kappa shape index (κ1) is 19.2. The molecule has 0 unspecified atom stereocenters. The summed E-state index contributed by atoms with van der Waals surface area (Å²) in [4.78, 5) is 12.9. The molecular weight excluding hydrogens is 330 g/mol. The summed E-state index contributed by atoms with van der Waals surface area (Å²) in [5.74, 6) is 0. The molecule has 1 aliphatic heterocycles. The lowest BCUT2D eigenvalue weighted by Gasteiger charge is -2.27. The van der Waals surface area contributed by atoms with Gasteiger partial charge in [0.2, 0.25) is 0 Å². The molecule has 0 aliphatic carbocycles. The fourth-order valence-electron chi connectivity index (χ4n) is 3.77. The number of unbranched alkanes of at least 4 members (excludes halogenated alkanes) is 3. The zero-order valence-corrected chi connectivity index (χ0v) is 16.2. The molecule has 140 valence electrons. The van der Waals surface area contributed by atoms with E-state index in [4.69, 9.17) is 0 Å². The van der Waals surface area contributed by atoms with Crippen LogP contribution in [0.2, 0.25) is 0 Å². The average Bonchev–Trinajstić information content (AvgIpc) is 2.85. The van der Waals surface area contributed by atoms with E-state index in [1.54, 1.807) is 6.08 Å². The Labute approximate surface area is 163 Å². The molecule has 0 atom stereocenters. The van der Waals surface area contributed by atoms with Gasteiger partial charge in [0, 0.05) is 17.9 Å². The van der Waals surface area contributed by atoms with Crippen LogP contribution in [-0.2, 0) is 17.6 Å². The summed E-state index contributed by atoms with van der Waals surface area (Å²) >= 11 is 0. The van der Waals surface area contributed by atoms with Gasteiger partial charge in [0.25, 0.3) is 0 Å². The summed E-state index contributed by atoms with van der Waals surface area (Å²) in [6.07, 6.45) is 15.3. The van der Waals surface area contributed by atoms with Crippen LogP contribution in [0.1, 0.15) is 49.3 Å². The van der Waals surface area contributed by atoms with E-state index < -0.39 is 0 Å². The Bertz CT molecular complexity index is 819. The molecule has 2 nitrogen and oxygen atoms in total. The second-order valence-corrected chi connectivity index (χ2v) is 7.11. The Hall–Kier alpha value is -2.61. The maximum absolute atomic E-state index is 10.4. The minimum absolute atomic E-state index is 0.801. The lowest BCUT2D eigenvalue weighted by molar-refractivity contribution is -0.104. The molecule has 0 aromatic heterocycles. The largest absolute Gasteiger partial charge is 0.341 e. The Morgan fingerprint density at radius 3 is 2.56 bits per heavy atom. The number of para-hydroxylation sites is 1. The predicted molar refractivity (Wildman–Crippen MR) is 116 cm³/mol. The second-order valence-electron chi connectivity index (χ2n) is 7.11. The Balaban J connectivity index is 1.89. The van der Waals surface area contributed by atoms with Crippen LogP contribution in [0, 0.1) is 0 Å². The molecule has 0 fully saturated rings. The molecule has 3 rings (SSSR count). The number of anilines is 2. The van der Waals surface area contributed by atoms with E-state index in [9.17, 15) is 4.79 Å². The molecule has 0 saturated carbocycles. The van der Waals surface area contributed by atoms with Crippen LogP contribution in [-0.4, -0.2) is 12.8 Å². The molecule has 27 heavy (non-hydrogen) atoms. The van der Waals surface area contributed by atoms with Gasteiger partial charge in [0.1, 0.15) is 6.29 Å². The third-order valence-electron chi connectivity index (χ3n) is 5.17. The molecule has 0 amide bonds. The van der Waals surface area contributed by atoms with Crippen molar-refractivity contribution in [3.63, 3.8) is 0 Å². The van der Waals surface area contributed by atoms with Gasteiger partial charge < -0.3 is 4.90 Å². The van der Waals surface area contributed by atoms with Crippen LogP contribution >= 0.6 is 0 Å². The van der Waals surface area contributed by atoms with Crippen molar-refractivity contribution in [1.82, 2.24) is 0 Å². The Morgan fingerprint density at radius 1 is 0.889 bits per heavy atom. The van der Waals surface area contributed by atoms with Gasteiger partial charge in [-0.25, -0.2) is 0 Å². The van der Waals surface area contributed by atoms with Crippen molar-refractivity contribution in [2.45, 2.75) is 45.4 Å². The van der Waals surface area contributed by atoms with E-state index in [0.717, 1.165) is 25.7 Å². The van der Waals surface area contributed by atoms with E-state index in [-0.39, 0.29) is 0 Å². The van der Waals surface area contributed by atoms with Crippen LogP contribution in [0.3, 0.4) is 0 Å². The molecule has 0 spiro atoms. The van der Waals surface area contributed by atoms with Crippen molar-refractivity contribution in [2.24, 2.45) is 0 Å². The van der Waals surface area contributed by atoms with E-state index in [1.807, 2.05) is 6.08 Å². The number of allylic oxidation sites excluding steroid dienone is 3. The number of carbonyl (C=O) groups excluding carboxylic acids is 1. The fraction of sp³-hybridized carbons (Fsp3) is 0.320. The van der Waals surface area contributed by atoms with Crippen LogP contribution in [0.5, 0.6) is 0 Å². The standard InChI is InChI=1S/C25H29NO/c1-2-3-4-9-18-26-24-13-8-7-12-22(24)15-16-23-20-21(14-17-25(23)26)11-6-5-10-19-27/h5-8,10-14,17,19-20H,2-4,9,15-16,18H2,1H3/b10-5+,11-6+. The van der Waals surface area contributed by atoms with E-state index in [0.29, 0.717) is 0 Å². The van der Waals surface area contributed by atoms with E-state index in [2.05, 4.69) is 60.4 Å². The number of rotatable bonds is 8. The zero-order chi connectivity index (χ0) is 18.9. The van der Waals surface area contributed by atoms with E-state index >= 15 is 0 Å². The molecule has 0 radical (unpaired) electrons. The summed E-state index contributed by atoms with van der Waals surface area (Å²) in [6.45, 7) is 3.33. The zero-order valence-electron chi connectivity index (χ0n) is 16.2. The number of fused-ring (bicyclic) bond motifs is 2. The van der Waals surface area contributed by atoms with Crippen molar-refractivity contribution in [2.75, 3.05) is 11.4 Å². The minimum Gasteiger partial charge on any atom is -0.341 e. The van der Waals surface area contributed by atoms with Crippen molar-refractivity contribution >= 4 is 23.7 Å². The van der Waals surface area contributed by atoms with Gasteiger partial charge in [-0.2, -0.15) is 0 Å². The Morgan fingerprint density at radius 2 is 1.70 bits per heavy atom. The highest BCUT2D eigenvalue weighted by Crippen LogP contribution is 2.36. The first-order chi connectivity index (χ1) is 13.3. The molecule has 1 aliphatic rings. The molecule has 0 saturated heterocycles. The van der Waals surface area contributed by atoms with Gasteiger partial charge in [0.05, 0.1) is 0 Å². The molecular formula is C25H29NO. The van der Waals surface area contributed by atoms with Crippen LogP contribution in [0.4, 0.5) is 11.4 Å². The summed E-state index contributed by atoms with van der Waals surface area (Å²) < 4.78 is 0. The molecule has 1 heterocycles. The normalized spacial score (nSPS) is 13.6. The molecule has 0 bridgehead atoms. The third kappa shape index (κ3) is 4.97. The predicted octanol–water partition coefficient (Wildman–Crippen LogP) is 6.27. The van der Waals surface area contributed by atoms with Gasteiger partial charge in [-0.05, 0) is 60.2 Å². The number of benzene rings is 2. The molecule has 2 aromatic carbocycles. The third-order valence-corrected chi connectivity index (χ3v) is 5.17. The van der Waals surface area contributed by atoms with Crippen molar-refractivity contribution in [3.8, 4) is 0 Å². The quantitative estimate of drug-likeness (QED) is 0.239. The monoisotopic (exact) mass is 359 g/mol. The van der Waals surface area contributed by atoms with Gasteiger partial charge in [-0.3, -0.25) is 4.79 Å². The number of aldehydes is 1. The highest BCUT2D eigenvalue weighted by molar-refractivity contribution is 5.73. The second kappa shape index (κ2) is 9.91. The smallest absolute Gasteiger partial charge is 0.142 e. The fourth-order valence-corrected chi connectivity index (χ4v) is 3.77. The first-order valence-electron chi connectivity index (χ1n) is 10.1.